The topological polar surface area (TPSA) is 90.0 Å². The summed E-state index contributed by atoms with van der Waals surface area (Å²) in [6.45, 7) is 4.60. The summed E-state index contributed by atoms with van der Waals surface area (Å²) >= 11 is 0. The van der Waals surface area contributed by atoms with E-state index in [0.717, 1.165) is 31.6 Å². The third kappa shape index (κ3) is 5.81. The number of rotatable bonds is 11. The number of halogens is 1. The number of hydrogen-bond donors (Lipinski definition) is 1. The number of anilines is 1. The van der Waals surface area contributed by atoms with E-state index in [2.05, 4.69) is 19.9 Å². The van der Waals surface area contributed by atoms with Crippen LogP contribution in [0.2, 0.25) is 0 Å². The number of nitrogens with one attached hydrogen (secondary N) is 1. The molecule has 166 valence electrons. The van der Waals surface area contributed by atoms with Crippen molar-refractivity contribution in [2.75, 3.05) is 38.6 Å². The average molecular weight is 423 g/mol. The van der Waals surface area contributed by atoms with Crippen LogP contribution in [0.3, 0.4) is 0 Å². The van der Waals surface area contributed by atoms with Gasteiger partial charge in [0.15, 0.2) is 0 Å². The first-order valence-electron chi connectivity index (χ1n) is 10.4. The molecule has 0 bridgehead atoms. The van der Waals surface area contributed by atoms with Crippen molar-refractivity contribution in [3.8, 4) is 5.88 Å². The Labute approximate surface area is 176 Å². The third-order valence-electron chi connectivity index (χ3n) is 5.24. The highest BCUT2D eigenvalue weighted by atomic mass is 19.1. The number of hydrogen-bond acceptors (Lipinski definition) is 7. The maximum atomic E-state index is 12.7. The van der Waals surface area contributed by atoms with Crippen molar-refractivity contribution in [3.63, 3.8) is 0 Å². The van der Waals surface area contributed by atoms with Gasteiger partial charge in [0.25, 0.3) is 5.91 Å². The third-order valence-corrected chi connectivity index (χ3v) is 5.24. The summed E-state index contributed by atoms with van der Waals surface area (Å²) in [7, 11) is 1.68. The lowest BCUT2D eigenvalue weighted by atomic mass is 10.0. The molecule has 0 spiro atoms. The highest BCUT2D eigenvalue weighted by Gasteiger charge is 2.31. The Hall–Kier alpha value is -2.42. The lowest BCUT2D eigenvalue weighted by Gasteiger charge is -2.40. The highest BCUT2D eigenvalue weighted by Crippen LogP contribution is 2.34. The number of methoxy groups -OCH3 is 1. The largest absolute Gasteiger partial charge is 0.476 e. The van der Waals surface area contributed by atoms with Crippen molar-refractivity contribution < 1.29 is 28.2 Å². The molecule has 0 aromatic carbocycles. The van der Waals surface area contributed by atoms with E-state index in [9.17, 15) is 14.0 Å². The number of ether oxygens (including phenoxy) is 3. The number of carbonyl (C=O) groups is 2. The Morgan fingerprint density at radius 1 is 1.30 bits per heavy atom. The van der Waals surface area contributed by atoms with E-state index < -0.39 is 24.8 Å². The molecule has 1 N–H and O–H groups in total. The fraction of sp³-hybridized carbons (Fsp3) is 0.667. The first kappa shape index (κ1) is 22.3. The molecule has 0 unspecified atom stereocenters. The fourth-order valence-electron chi connectivity index (χ4n) is 3.24. The monoisotopic (exact) mass is 423 g/mol. The van der Waals surface area contributed by atoms with E-state index in [-0.39, 0.29) is 17.7 Å². The van der Waals surface area contributed by atoms with Crippen LogP contribution >= 0.6 is 0 Å². The Balaban J connectivity index is 1.73. The number of carbonyl (C=O) groups excluding carboxylic acids is 2. The molecule has 1 amide bonds. The van der Waals surface area contributed by atoms with Crippen LogP contribution < -0.4 is 15.0 Å². The normalized spacial score (nSPS) is 17.4. The number of amides is 1. The number of nitrogens with zero attached hydrogens (tertiary/aromatic N) is 2. The van der Waals surface area contributed by atoms with Gasteiger partial charge in [-0.25, -0.2) is 14.2 Å². The predicted molar refractivity (Wildman–Crippen MR) is 108 cm³/mol. The molecule has 1 aromatic rings. The van der Waals surface area contributed by atoms with Crippen LogP contribution in [0.4, 0.5) is 10.1 Å². The summed E-state index contributed by atoms with van der Waals surface area (Å²) in [6, 6.07) is 2.46. The van der Waals surface area contributed by atoms with Gasteiger partial charge in [-0.2, -0.15) is 0 Å². The van der Waals surface area contributed by atoms with Crippen LogP contribution in [-0.2, 0) is 14.3 Å². The second-order valence-electron chi connectivity index (χ2n) is 8.27. The molecule has 2 heterocycles. The molecule has 9 heteroatoms. The molecule has 8 nitrogen and oxygen atoms in total. The molecule has 0 radical (unpaired) electrons. The number of pyridine rings is 1. The maximum absolute atomic E-state index is 12.7. The maximum Gasteiger partial charge on any atom is 0.330 e. The van der Waals surface area contributed by atoms with Gasteiger partial charge in [-0.15, -0.1) is 0 Å². The zero-order valence-electron chi connectivity index (χ0n) is 17.7. The van der Waals surface area contributed by atoms with Gasteiger partial charge in [0, 0.05) is 20.2 Å². The summed E-state index contributed by atoms with van der Waals surface area (Å²) in [5, 5.41) is 2.61. The molecule has 30 heavy (non-hydrogen) atoms. The van der Waals surface area contributed by atoms with E-state index in [0.29, 0.717) is 24.8 Å². The van der Waals surface area contributed by atoms with Crippen LogP contribution in [0.5, 0.6) is 5.88 Å². The van der Waals surface area contributed by atoms with E-state index in [4.69, 9.17) is 9.47 Å². The lowest BCUT2D eigenvalue weighted by Crippen LogP contribution is -2.52. The van der Waals surface area contributed by atoms with E-state index in [1.54, 1.807) is 19.2 Å². The van der Waals surface area contributed by atoms with Crippen molar-refractivity contribution in [1.29, 1.82) is 0 Å². The molecule has 2 aliphatic rings. The summed E-state index contributed by atoms with van der Waals surface area (Å²) < 4.78 is 28.1. The van der Waals surface area contributed by atoms with Crippen molar-refractivity contribution in [1.82, 2.24) is 10.3 Å². The molecular formula is C21H30FN3O5. The minimum atomic E-state index is -1.23. The number of aromatic nitrogens is 1. The van der Waals surface area contributed by atoms with Crippen LogP contribution in [0.15, 0.2) is 12.1 Å². The highest BCUT2D eigenvalue weighted by molar-refractivity contribution is 5.95. The molecule has 1 saturated carbocycles. The van der Waals surface area contributed by atoms with Crippen LogP contribution in [-0.4, -0.2) is 62.7 Å². The lowest BCUT2D eigenvalue weighted by molar-refractivity contribution is -0.150. The van der Waals surface area contributed by atoms with Gasteiger partial charge < -0.3 is 24.4 Å². The minimum absolute atomic E-state index is 0.107. The zero-order chi connectivity index (χ0) is 21.7. The smallest absolute Gasteiger partial charge is 0.330 e. The van der Waals surface area contributed by atoms with Gasteiger partial charge in [-0.05, 0) is 43.2 Å². The summed E-state index contributed by atoms with van der Waals surface area (Å²) in [5.74, 6) is -0.289. The Kier molecular flexibility index (Phi) is 7.47. The molecular weight excluding hydrogens is 393 g/mol. The predicted octanol–water partition coefficient (Wildman–Crippen LogP) is 2.32. The molecule has 2 fully saturated rings. The quantitative estimate of drug-likeness (QED) is 0.546. The summed E-state index contributed by atoms with van der Waals surface area (Å²) in [5.41, 5.74) is 0.950. The summed E-state index contributed by atoms with van der Waals surface area (Å²) in [6.07, 6.45) is 2.78. The van der Waals surface area contributed by atoms with Gasteiger partial charge in [0.05, 0.1) is 12.7 Å². The minimum Gasteiger partial charge on any atom is -0.476 e. The van der Waals surface area contributed by atoms with Crippen LogP contribution in [0.1, 0.15) is 43.6 Å². The Morgan fingerprint density at radius 3 is 2.63 bits per heavy atom. The summed E-state index contributed by atoms with van der Waals surface area (Å²) in [4.78, 5) is 31.3. The second-order valence-corrected chi connectivity index (χ2v) is 8.27. The molecule has 1 atom stereocenters. The van der Waals surface area contributed by atoms with Gasteiger partial charge in [0.2, 0.25) is 12.7 Å². The molecule has 3 rings (SSSR count). The molecule has 1 aliphatic heterocycles. The second kappa shape index (κ2) is 10.1. The average Bonchev–Trinajstić information content (AvgIpc) is 3.50. The van der Waals surface area contributed by atoms with Gasteiger partial charge in [-0.1, -0.05) is 13.8 Å². The van der Waals surface area contributed by atoms with Crippen molar-refractivity contribution in [2.45, 2.75) is 45.3 Å². The van der Waals surface area contributed by atoms with Crippen LogP contribution in [0, 0.1) is 11.8 Å². The first-order chi connectivity index (χ1) is 14.4. The fourth-order valence-corrected chi connectivity index (χ4v) is 3.24. The van der Waals surface area contributed by atoms with Gasteiger partial charge in [0.1, 0.15) is 17.4 Å². The van der Waals surface area contributed by atoms with E-state index in [1.807, 2.05) is 13.8 Å². The van der Waals surface area contributed by atoms with Gasteiger partial charge >= 0.3 is 5.97 Å². The number of alkyl halides is 1. The Morgan fingerprint density at radius 2 is 2.03 bits per heavy atom. The van der Waals surface area contributed by atoms with Crippen molar-refractivity contribution in [3.05, 3.63) is 17.8 Å². The zero-order valence-corrected chi connectivity index (χ0v) is 17.7. The molecule has 1 saturated heterocycles. The SMILES string of the molecule is COC1CN(c2ccc(C(=O)N[C@H](CC(C)C)C(=O)OCF)nc2OCC2CC2)C1. The standard InChI is InChI=1S/C21H30FN3O5/c1-13(2)8-17(21(27)30-12-22)23-19(26)16-6-7-18(25-9-15(10-25)28-3)20(24-16)29-11-14-4-5-14/h6-7,13-15,17H,4-5,8-12H2,1-3H3,(H,23,26)/t17-/m1/s1. The number of esters is 1. The first-order valence-corrected chi connectivity index (χ1v) is 10.4. The van der Waals surface area contributed by atoms with E-state index >= 15 is 0 Å². The van der Waals surface area contributed by atoms with Crippen molar-refractivity contribution >= 4 is 17.6 Å². The van der Waals surface area contributed by atoms with E-state index in [1.165, 1.54) is 0 Å². The molecule has 1 aliphatic carbocycles. The van der Waals surface area contributed by atoms with Crippen molar-refractivity contribution in [2.24, 2.45) is 11.8 Å². The van der Waals surface area contributed by atoms with Gasteiger partial charge in [-0.3, -0.25) is 4.79 Å². The molecule has 1 aromatic heterocycles. The van der Waals surface area contributed by atoms with Crippen LogP contribution in [0.25, 0.3) is 0 Å². The Bertz CT molecular complexity index is 750.